The van der Waals surface area contributed by atoms with E-state index in [2.05, 4.69) is 16.0 Å². The monoisotopic (exact) mass is 556 g/mol. The summed E-state index contributed by atoms with van der Waals surface area (Å²) in [4.78, 5) is 72.0. The van der Waals surface area contributed by atoms with Gasteiger partial charge in [-0.15, -0.1) is 0 Å². The Bertz CT molecular complexity index is 1000. The van der Waals surface area contributed by atoms with Crippen molar-refractivity contribution in [3.05, 3.63) is 29.8 Å². The lowest BCUT2D eigenvalue weighted by molar-refractivity contribution is -0.147. The summed E-state index contributed by atoms with van der Waals surface area (Å²) in [6.07, 6.45) is 0.167. The molecular formula is C23H32N4O10S. The molecule has 38 heavy (non-hydrogen) atoms. The molecular weight excluding hydrogens is 524 g/mol. The highest BCUT2D eigenvalue weighted by Crippen LogP contribution is 2.12. The molecule has 0 fully saturated rings. The Balaban J connectivity index is 3.17. The summed E-state index contributed by atoms with van der Waals surface area (Å²) in [5.41, 5.74) is 6.28. The number of nitrogens with two attached hydrogens (primary N) is 1. The first-order chi connectivity index (χ1) is 17.8. The summed E-state index contributed by atoms with van der Waals surface area (Å²) in [7, 11) is 0. The van der Waals surface area contributed by atoms with Crippen molar-refractivity contribution in [2.45, 2.75) is 56.3 Å². The number of benzene rings is 1. The molecule has 210 valence electrons. The van der Waals surface area contributed by atoms with E-state index in [9.17, 15) is 39.0 Å². The first kappa shape index (κ1) is 32.2. The maximum Gasteiger partial charge on any atom is 0.326 e. The maximum atomic E-state index is 13.1. The number of nitrogens with one attached hydrogen (secondary N) is 3. The molecule has 0 radical (unpaired) electrons. The van der Waals surface area contributed by atoms with Gasteiger partial charge in [-0.25, -0.2) is 4.79 Å². The van der Waals surface area contributed by atoms with Gasteiger partial charge in [-0.1, -0.05) is 12.1 Å². The van der Waals surface area contributed by atoms with Crippen molar-refractivity contribution in [2.24, 2.45) is 5.73 Å². The number of phenolic OH excluding ortho intramolecular Hbond substituents is 1. The average Bonchev–Trinajstić information content (AvgIpc) is 2.84. The Kier molecular flexibility index (Phi) is 13.6. The predicted octanol–water partition coefficient (Wildman–Crippen LogP) is -1.11. The van der Waals surface area contributed by atoms with E-state index in [0.717, 1.165) is 0 Å². The second-order valence-electron chi connectivity index (χ2n) is 8.31. The van der Waals surface area contributed by atoms with Gasteiger partial charge in [0.1, 0.15) is 23.9 Å². The second kappa shape index (κ2) is 16.1. The van der Waals surface area contributed by atoms with E-state index in [1.807, 2.05) is 6.26 Å². The Morgan fingerprint density at radius 2 is 1.37 bits per heavy atom. The van der Waals surface area contributed by atoms with Crippen molar-refractivity contribution in [3.8, 4) is 5.75 Å². The zero-order valence-electron chi connectivity index (χ0n) is 20.6. The lowest BCUT2D eigenvalue weighted by Gasteiger charge is -2.25. The van der Waals surface area contributed by atoms with Crippen LogP contribution in [-0.4, -0.2) is 92.2 Å². The van der Waals surface area contributed by atoms with Crippen molar-refractivity contribution < 1.29 is 49.2 Å². The van der Waals surface area contributed by atoms with E-state index >= 15 is 0 Å². The molecule has 0 aliphatic heterocycles. The van der Waals surface area contributed by atoms with Gasteiger partial charge in [-0.2, -0.15) is 11.8 Å². The predicted molar refractivity (Wildman–Crippen MR) is 135 cm³/mol. The van der Waals surface area contributed by atoms with E-state index in [1.54, 1.807) is 0 Å². The fraction of sp³-hybridized carbons (Fsp3) is 0.478. The first-order valence-corrected chi connectivity index (χ1v) is 12.8. The molecule has 0 heterocycles. The van der Waals surface area contributed by atoms with Crippen LogP contribution in [0.1, 0.15) is 31.2 Å². The third kappa shape index (κ3) is 11.9. The number of aliphatic carboxylic acids is 3. The fourth-order valence-corrected chi connectivity index (χ4v) is 3.68. The largest absolute Gasteiger partial charge is 0.508 e. The quantitative estimate of drug-likeness (QED) is 0.114. The highest BCUT2D eigenvalue weighted by Gasteiger charge is 2.31. The van der Waals surface area contributed by atoms with Gasteiger partial charge >= 0.3 is 17.9 Å². The maximum absolute atomic E-state index is 13.1. The van der Waals surface area contributed by atoms with Crippen molar-refractivity contribution in [2.75, 3.05) is 12.0 Å². The molecule has 0 saturated carbocycles. The van der Waals surface area contributed by atoms with Crippen LogP contribution in [0.15, 0.2) is 24.3 Å². The molecule has 4 unspecified atom stereocenters. The molecule has 9 N–H and O–H groups in total. The number of hydrogen-bond acceptors (Lipinski definition) is 9. The number of thioether (sulfide) groups is 1. The molecule has 0 bridgehead atoms. The number of carbonyl (C=O) groups is 6. The van der Waals surface area contributed by atoms with Crippen LogP contribution >= 0.6 is 11.8 Å². The number of phenols is 1. The summed E-state index contributed by atoms with van der Waals surface area (Å²) >= 11 is 1.45. The average molecular weight is 557 g/mol. The molecule has 14 nitrogen and oxygen atoms in total. The van der Waals surface area contributed by atoms with Crippen LogP contribution in [0.3, 0.4) is 0 Å². The van der Waals surface area contributed by atoms with Gasteiger partial charge in [0.05, 0.1) is 12.5 Å². The van der Waals surface area contributed by atoms with E-state index in [4.69, 9.17) is 15.9 Å². The van der Waals surface area contributed by atoms with Crippen molar-refractivity contribution in [1.82, 2.24) is 16.0 Å². The molecule has 4 atom stereocenters. The molecule has 3 amide bonds. The van der Waals surface area contributed by atoms with Crippen LogP contribution in [0.25, 0.3) is 0 Å². The Labute approximate surface area is 222 Å². The molecule has 1 aromatic rings. The first-order valence-electron chi connectivity index (χ1n) is 11.4. The van der Waals surface area contributed by atoms with Crippen LogP contribution in [0, 0.1) is 0 Å². The second-order valence-corrected chi connectivity index (χ2v) is 9.30. The normalized spacial score (nSPS) is 13.8. The van der Waals surface area contributed by atoms with Crippen molar-refractivity contribution in [3.63, 3.8) is 0 Å². The number of hydrogen-bond donors (Lipinski definition) is 8. The molecule has 0 aliphatic rings. The number of carboxylic acid groups (broad SMARTS) is 3. The van der Waals surface area contributed by atoms with Gasteiger partial charge in [-0.05, 0) is 42.5 Å². The summed E-state index contributed by atoms with van der Waals surface area (Å²) in [5, 5.41) is 43.6. The van der Waals surface area contributed by atoms with Crippen LogP contribution in [0.4, 0.5) is 0 Å². The topological polar surface area (TPSA) is 245 Å². The van der Waals surface area contributed by atoms with Crippen LogP contribution in [0.2, 0.25) is 0 Å². The highest BCUT2D eigenvalue weighted by molar-refractivity contribution is 7.98. The van der Waals surface area contributed by atoms with Gasteiger partial charge < -0.3 is 42.1 Å². The zero-order chi connectivity index (χ0) is 28.8. The Hall–Kier alpha value is -3.85. The van der Waals surface area contributed by atoms with Gasteiger partial charge in [0, 0.05) is 12.8 Å². The number of amides is 3. The van der Waals surface area contributed by atoms with Crippen molar-refractivity contribution in [1.29, 1.82) is 0 Å². The van der Waals surface area contributed by atoms with Crippen LogP contribution in [0.5, 0.6) is 5.75 Å². The summed E-state index contributed by atoms with van der Waals surface area (Å²) < 4.78 is 0. The molecule has 0 spiro atoms. The summed E-state index contributed by atoms with van der Waals surface area (Å²) in [6.45, 7) is 0. The lowest BCUT2D eigenvalue weighted by Crippen LogP contribution is -2.57. The zero-order valence-corrected chi connectivity index (χ0v) is 21.4. The third-order valence-electron chi connectivity index (χ3n) is 5.25. The van der Waals surface area contributed by atoms with Gasteiger partial charge in [0.2, 0.25) is 17.7 Å². The fourth-order valence-electron chi connectivity index (χ4n) is 3.19. The van der Waals surface area contributed by atoms with Crippen LogP contribution in [-0.2, 0) is 35.2 Å². The Morgan fingerprint density at radius 1 is 0.816 bits per heavy atom. The standard InChI is InChI=1S/C23H32N4O10S/c1-38-9-8-14(24)20(33)25-15(6-7-18(29)30)21(34)26-16(10-12-2-4-13(28)5-3-12)22(35)27-17(23(36)37)11-19(31)32/h2-5,14-17,28H,6-11,24H2,1H3,(H,25,33)(H,26,34)(H,27,35)(H,29,30)(H,31,32)(H,36,37). The number of carbonyl (C=O) groups excluding carboxylic acids is 3. The number of rotatable bonds is 17. The summed E-state index contributed by atoms with van der Waals surface area (Å²) in [5.74, 6) is -6.48. The van der Waals surface area contributed by atoms with Gasteiger partial charge in [0.15, 0.2) is 0 Å². The van der Waals surface area contributed by atoms with E-state index in [-0.39, 0.29) is 18.6 Å². The Morgan fingerprint density at radius 3 is 1.89 bits per heavy atom. The lowest BCUT2D eigenvalue weighted by atomic mass is 10.0. The molecule has 0 aromatic heterocycles. The summed E-state index contributed by atoms with van der Waals surface area (Å²) in [6, 6.07) is -0.0579. The molecule has 0 aliphatic carbocycles. The van der Waals surface area contributed by atoms with Gasteiger partial charge in [-0.3, -0.25) is 24.0 Å². The number of aromatic hydroxyl groups is 1. The minimum atomic E-state index is -1.80. The smallest absolute Gasteiger partial charge is 0.326 e. The van der Waals surface area contributed by atoms with E-state index in [1.165, 1.54) is 36.0 Å². The minimum absolute atomic E-state index is 0.0690. The molecule has 1 rings (SSSR count). The van der Waals surface area contributed by atoms with E-state index < -0.39 is 72.6 Å². The van der Waals surface area contributed by atoms with Gasteiger partial charge in [0.25, 0.3) is 0 Å². The highest BCUT2D eigenvalue weighted by atomic mass is 32.2. The SMILES string of the molecule is CSCCC(N)C(=O)NC(CCC(=O)O)C(=O)NC(Cc1ccc(O)cc1)C(=O)NC(CC(=O)O)C(=O)O. The van der Waals surface area contributed by atoms with Crippen molar-refractivity contribution >= 4 is 47.4 Å². The third-order valence-corrected chi connectivity index (χ3v) is 5.90. The molecule has 15 heteroatoms. The minimum Gasteiger partial charge on any atom is -0.508 e. The molecule has 0 saturated heterocycles. The van der Waals surface area contributed by atoms with E-state index in [0.29, 0.717) is 17.7 Å². The molecule has 1 aromatic carbocycles. The van der Waals surface area contributed by atoms with Crippen LogP contribution < -0.4 is 21.7 Å². The number of carboxylic acids is 3.